The normalized spacial score (nSPS) is 11.1. The molecule has 0 radical (unpaired) electrons. The molecule has 6 nitrogen and oxygen atoms in total. The first-order valence-corrected chi connectivity index (χ1v) is 10.2. The van der Waals surface area contributed by atoms with Crippen LogP contribution in [0.5, 0.6) is 11.5 Å². The number of sulfone groups is 1. The molecule has 0 unspecified atom stereocenters. The van der Waals surface area contributed by atoms with Gasteiger partial charge in [0.2, 0.25) is 0 Å². The largest absolute Gasteiger partial charge is 0.495 e. The highest BCUT2D eigenvalue weighted by molar-refractivity contribution is 7.90. The Bertz CT molecular complexity index is 1100. The summed E-state index contributed by atoms with van der Waals surface area (Å²) < 4.78 is 36.0. The van der Waals surface area contributed by atoms with Gasteiger partial charge >= 0.3 is 5.97 Å². The third-order valence-electron chi connectivity index (χ3n) is 3.80. The molecule has 0 bridgehead atoms. The van der Waals surface area contributed by atoms with E-state index in [4.69, 9.17) is 21.1 Å². The van der Waals surface area contributed by atoms with Crippen LogP contribution in [0, 0.1) is 0 Å². The predicted octanol–water partition coefficient (Wildman–Crippen LogP) is 3.94. The lowest BCUT2D eigenvalue weighted by molar-refractivity contribution is 0.0734. The Morgan fingerprint density at radius 2 is 1.82 bits per heavy atom. The fraction of sp³-hybridized carbons (Fsp3) is 0.100. The van der Waals surface area contributed by atoms with E-state index in [-0.39, 0.29) is 27.0 Å². The molecule has 8 heteroatoms. The number of hydrogen-bond acceptors (Lipinski definition) is 6. The minimum Gasteiger partial charge on any atom is -0.495 e. The molecule has 3 aromatic rings. The van der Waals surface area contributed by atoms with Gasteiger partial charge < -0.3 is 9.47 Å². The number of methoxy groups -OCH3 is 1. The van der Waals surface area contributed by atoms with Crippen molar-refractivity contribution in [1.82, 2.24) is 4.98 Å². The molecule has 0 atom stereocenters. The van der Waals surface area contributed by atoms with Crippen LogP contribution in [-0.4, -0.2) is 26.5 Å². The quantitative estimate of drug-likeness (QED) is 0.446. The Balaban J connectivity index is 1.84. The molecule has 2 aromatic carbocycles. The number of ether oxygens (including phenoxy) is 2. The Hall–Kier alpha value is -2.90. The molecule has 0 spiro atoms. The minimum absolute atomic E-state index is 0.0280. The number of pyridine rings is 1. The maximum Gasteiger partial charge on any atom is 0.345 e. The third kappa shape index (κ3) is 4.68. The van der Waals surface area contributed by atoms with Crippen molar-refractivity contribution in [2.75, 3.05) is 7.11 Å². The molecule has 0 amide bonds. The summed E-state index contributed by atoms with van der Waals surface area (Å²) in [5, 5.41) is 0.276. The Kier molecular flexibility index (Phi) is 5.96. The van der Waals surface area contributed by atoms with E-state index in [0.29, 0.717) is 11.3 Å². The maximum absolute atomic E-state index is 12.8. The van der Waals surface area contributed by atoms with Gasteiger partial charge in [0.1, 0.15) is 16.4 Å². The van der Waals surface area contributed by atoms with Crippen LogP contribution in [0.4, 0.5) is 0 Å². The fourth-order valence-corrected chi connectivity index (χ4v) is 4.28. The number of rotatable bonds is 6. The molecule has 0 saturated heterocycles. The van der Waals surface area contributed by atoms with Crippen molar-refractivity contribution in [3.8, 4) is 11.5 Å². The number of esters is 1. The lowest BCUT2D eigenvalue weighted by Gasteiger charge is -2.10. The van der Waals surface area contributed by atoms with Crippen molar-refractivity contribution >= 4 is 27.4 Å². The van der Waals surface area contributed by atoms with E-state index in [0.717, 1.165) is 0 Å². The van der Waals surface area contributed by atoms with Crippen molar-refractivity contribution in [1.29, 1.82) is 0 Å². The first kappa shape index (κ1) is 19.9. The number of halogens is 1. The van der Waals surface area contributed by atoms with Crippen LogP contribution in [0.15, 0.2) is 71.9 Å². The summed E-state index contributed by atoms with van der Waals surface area (Å²) in [5.74, 6) is -0.423. The van der Waals surface area contributed by atoms with Crippen LogP contribution < -0.4 is 9.47 Å². The summed E-state index contributed by atoms with van der Waals surface area (Å²) in [6.07, 6.45) is 2.70. The van der Waals surface area contributed by atoms with Gasteiger partial charge in [-0.1, -0.05) is 29.8 Å². The molecule has 0 aliphatic heterocycles. The lowest BCUT2D eigenvalue weighted by Crippen LogP contribution is -2.11. The van der Waals surface area contributed by atoms with E-state index in [2.05, 4.69) is 4.98 Å². The van der Waals surface area contributed by atoms with Crippen LogP contribution in [0.2, 0.25) is 5.02 Å². The van der Waals surface area contributed by atoms with Crippen LogP contribution in [-0.2, 0) is 15.6 Å². The topological polar surface area (TPSA) is 82.6 Å². The number of carbonyl (C=O) groups excluding carboxylic acids is 1. The first-order chi connectivity index (χ1) is 13.4. The zero-order valence-electron chi connectivity index (χ0n) is 14.8. The van der Waals surface area contributed by atoms with Gasteiger partial charge in [0.25, 0.3) is 0 Å². The number of aromatic nitrogens is 1. The average molecular weight is 418 g/mol. The van der Waals surface area contributed by atoms with Crippen molar-refractivity contribution in [3.05, 3.63) is 83.1 Å². The minimum atomic E-state index is -3.78. The Morgan fingerprint density at radius 1 is 1.07 bits per heavy atom. The van der Waals surface area contributed by atoms with Crippen LogP contribution in [0.1, 0.15) is 15.9 Å². The van der Waals surface area contributed by atoms with Crippen LogP contribution >= 0.6 is 11.6 Å². The van der Waals surface area contributed by atoms with Crippen molar-refractivity contribution < 1.29 is 22.7 Å². The molecule has 0 aliphatic carbocycles. The van der Waals surface area contributed by atoms with Crippen LogP contribution in [0.3, 0.4) is 0 Å². The molecule has 28 heavy (non-hydrogen) atoms. The number of hydrogen-bond donors (Lipinski definition) is 0. The summed E-state index contributed by atoms with van der Waals surface area (Å²) in [5.41, 5.74) is 0.485. The number of carbonyl (C=O) groups is 1. The first-order valence-electron chi connectivity index (χ1n) is 8.16. The number of benzene rings is 2. The van der Waals surface area contributed by atoms with E-state index in [1.165, 1.54) is 37.7 Å². The molecule has 0 aliphatic rings. The van der Waals surface area contributed by atoms with Gasteiger partial charge in [0.15, 0.2) is 9.84 Å². The summed E-state index contributed by atoms with van der Waals surface area (Å²) in [6, 6.07) is 14.4. The van der Waals surface area contributed by atoms with Gasteiger partial charge in [0.05, 0.1) is 18.4 Å². The van der Waals surface area contributed by atoms with Gasteiger partial charge in [-0.25, -0.2) is 13.2 Å². The monoisotopic (exact) mass is 417 g/mol. The van der Waals surface area contributed by atoms with Gasteiger partial charge in [-0.2, -0.15) is 0 Å². The molecule has 0 N–H and O–H groups in total. The summed E-state index contributed by atoms with van der Waals surface area (Å²) >= 11 is 5.93. The summed E-state index contributed by atoms with van der Waals surface area (Å²) in [7, 11) is -2.40. The molecule has 1 aromatic heterocycles. The van der Waals surface area contributed by atoms with Gasteiger partial charge in [-0.3, -0.25) is 4.98 Å². The molecule has 0 saturated carbocycles. The van der Waals surface area contributed by atoms with E-state index in [1.54, 1.807) is 36.4 Å². The van der Waals surface area contributed by atoms with Crippen molar-refractivity contribution in [2.45, 2.75) is 10.6 Å². The highest BCUT2D eigenvalue weighted by Gasteiger charge is 2.22. The Morgan fingerprint density at radius 3 is 2.54 bits per heavy atom. The lowest BCUT2D eigenvalue weighted by atomic mass is 10.2. The fourth-order valence-electron chi connectivity index (χ4n) is 2.52. The SMILES string of the molecule is COc1ccc(Cl)cc1S(=O)(=O)Cc1cncc(C(=O)Oc2ccccc2)c1. The zero-order chi connectivity index (χ0) is 20.1. The summed E-state index contributed by atoms with van der Waals surface area (Å²) in [4.78, 5) is 16.2. The van der Waals surface area contributed by atoms with E-state index >= 15 is 0 Å². The molecule has 0 fully saturated rings. The van der Waals surface area contributed by atoms with Gasteiger partial charge in [-0.05, 0) is 42.0 Å². The maximum atomic E-state index is 12.8. The van der Waals surface area contributed by atoms with Crippen molar-refractivity contribution in [2.24, 2.45) is 0 Å². The second-order valence-corrected chi connectivity index (χ2v) is 8.23. The molecule has 3 rings (SSSR count). The smallest absolute Gasteiger partial charge is 0.345 e. The van der Waals surface area contributed by atoms with Gasteiger partial charge in [0, 0.05) is 17.4 Å². The molecular weight excluding hydrogens is 402 g/mol. The molecular formula is C20H16ClNO5S. The van der Waals surface area contributed by atoms with Crippen LogP contribution in [0.25, 0.3) is 0 Å². The van der Waals surface area contributed by atoms with E-state index < -0.39 is 15.8 Å². The Labute approximate surface area is 167 Å². The van der Waals surface area contributed by atoms with Crippen molar-refractivity contribution in [3.63, 3.8) is 0 Å². The highest BCUT2D eigenvalue weighted by atomic mass is 35.5. The molecule has 1 heterocycles. The predicted molar refractivity (Wildman–Crippen MR) is 105 cm³/mol. The van der Waals surface area contributed by atoms with E-state index in [9.17, 15) is 13.2 Å². The summed E-state index contributed by atoms with van der Waals surface area (Å²) in [6.45, 7) is 0. The molecule has 144 valence electrons. The van der Waals surface area contributed by atoms with Gasteiger partial charge in [-0.15, -0.1) is 0 Å². The standard InChI is InChI=1S/C20H16ClNO5S/c1-26-18-8-7-16(21)10-19(18)28(24,25)13-14-9-15(12-22-11-14)20(23)27-17-5-3-2-4-6-17/h2-12H,13H2,1H3. The number of nitrogens with zero attached hydrogens (tertiary/aromatic N) is 1. The second kappa shape index (κ2) is 8.41. The highest BCUT2D eigenvalue weighted by Crippen LogP contribution is 2.29. The zero-order valence-corrected chi connectivity index (χ0v) is 16.4. The number of para-hydroxylation sites is 1. The third-order valence-corrected chi connectivity index (χ3v) is 5.74. The van der Waals surface area contributed by atoms with E-state index in [1.807, 2.05) is 0 Å². The second-order valence-electron chi connectivity index (χ2n) is 5.84. The average Bonchev–Trinajstić information content (AvgIpc) is 2.68.